The summed E-state index contributed by atoms with van der Waals surface area (Å²) in [6.07, 6.45) is 1.72. The van der Waals surface area contributed by atoms with Gasteiger partial charge in [-0.3, -0.25) is 9.59 Å². The normalized spacial score (nSPS) is 16.1. The fourth-order valence-electron chi connectivity index (χ4n) is 2.85. The predicted octanol–water partition coefficient (Wildman–Crippen LogP) is 1.59. The van der Waals surface area contributed by atoms with Gasteiger partial charge in [0.05, 0.1) is 5.56 Å². The Bertz CT molecular complexity index is 853. The first kappa shape index (κ1) is 18.5. The zero-order valence-electron chi connectivity index (χ0n) is 14.6. The summed E-state index contributed by atoms with van der Waals surface area (Å²) >= 11 is 1.25. The number of hydrogen-bond acceptors (Lipinski definition) is 4. The van der Waals surface area contributed by atoms with Gasteiger partial charge in [0.25, 0.3) is 5.91 Å². The first-order valence-electron chi connectivity index (χ1n) is 8.56. The molecule has 26 heavy (non-hydrogen) atoms. The fraction of sp³-hybridized carbons (Fsp3) is 0.389. The number of likely N-dealkylation sites (N-methyl/N-ethyl adjacent to an activating group) is 1. The van der Waals surface area contributed by atoms with Crippen LogP contribution < -0.4 is 4.80 Å². The molecule has 1 aliphatic rings. The van der Waals surface area contributed by atoms with Crippen molar-refractivity contribution in [2.75, 3.05) is 32.7 Å². The van der Waals surface area contributed by atoms with Crippen LogP contribution in [0.25, 0.3) is 0 Å². The molecular formula is C18H21FN4O2S. The summed E-state index contributed by atoms with van der Waals surface area (Å²) in [7, 11) is 0. The van der Waals surface area contributed by atoms with Crippen LogP contribution in [0.5, 0.6) is 0 Å². The van der Waals surface area contributed by atoms with Gasteiger partial charge in [-0.15, -0.1) is 11.3 Å². The van der Waals surface area contributed by atoms with Crippen LogP contribution in [0, 0.1) is 5.82 Å². The van der Waals surface area contributed by atoms with Gasteiger partial charge in [0.1, 0.15) is 12.4 Å². The van der Waals surface area contributed by atoms with Gasteiger partial charge in [0.15, 0.2) is 4.80 Å². The van der Waals surface area contributed by atoms with Crippen LogP contribution in [0.2, 0.25) is 0 Å². The van der Waals surface area contributed by atoms with Crippen LogP contribution in [0.3, 0.4) is 0 Å². The van der Waals surface area contributed by atoms with Gasteiger partial charge >= 0.3 is 0 Å². The maximum absolute atomic E-state index is 13.7. The molecule has 1 fully saturated rings. The molecule has 0 radical (unpaired) electrons. The lowest BCUT2D eigenvalue weighted by Gasteiger charge is -2.34. The molecule has 1 aromatic carbocycles. The van der Waals surface area contributed by atoms with Gasteiger partial charge in [-0.05, 0) is 18.7 Å². The number of benzene rings is 1. The third kappa shape index (κ3) is 4.25. The van der Waals surface area contributed by atoms with Crippen molar-refractivity contribution in [3.63, 3.8) is 0 Å². The number of aromatic nitrogens is 1. The number of carbonyl (C=O) groups excluding carboxylic acids is 2. The number of halogens is 1. The molecule has 2 aromatic rings. The van der Waals surface area contributed by atoms with E-state index in [4.69, 9.17) is 0 Å². The highest BCUT2D eigenvalue weighted by Crippen LogP contribution is 2.08. The minimum absolute atomic E-state index is 0.000978. The lowest BCUT2D eigenvalue weighted by atomic mass is 10.2. The summed E-state index contributed by atoms with van der Waals surface area (Å²) in [5, 5.41) is 1.76. The Morgan fingerprint density at radius 1 is 1.19 bits per heavy atom. The third-order valence-corrected chi connectivity index (χ3v) is 5.23. The van der Waals surface area contributed by atoms with Crippen molar-refractivity contribution in [2.24, 2.45) is 4.99 Å². The Labute approximate surface area is 155 Å². The molecule has 0 N–H and O–H groups in total. The smallest absolute Gasteiger partial charge is 0.282 e. The van der Waals surface area contributed by atoms with Crippen molar-refractivity contribution in [2.45, 2.75) is 13.5 Å². The zero-order valence-corrected chi connectivity index (χ0v) is 15.4. The van der Waals surface area contributed by atoms with E-state index in [2.05, 4.69) is 16.8 Å². The molecule has 1 aromatic heterocycles. The number of carbonyl (C=O) groups is 2. The van der Waals surface area contributed by atoms with Crippen molar-refractivity contribution >= 4 is 23.2 Å². The van der Waals surface area contributed by atoms with Crippen LogP contribution in [-0.4, -0.2) is 58.9 Å². The van der Waals surface area contributed by atoms with Gasteiger partial charge in [-0.2, -0.15) is 4.99 Å². The van der Waals surface area contributed by atoms with E-state index in [1.54, 1.807) is 22.2 Å². The highest BCUT2D eigenvalue weighted by molar-refractivity contribution is 7.07. The van der Waals surface area contributed by atoms with Crippen LogP contribution in [0.4, 0.5) is 4.39 Å². The molecule has 0 unspecified atom stereocenters. The first-order chi connectivity index (χ1) is 12.6. The van der Waals surface area contributed by atoms with Crippen molar-refractivity contribution in [3.05, 3.63) is 52.0 Å². The van der Waals surface area contributed by atoms with E-state index in [0.717, 1.165) is 19.6 Å². The Morgan fingerprint density at radius 3 is 2.62 bits per heavy atom. The highest BCUT2D eigenvalue weighted by atomic mass is 32.1. The quantitative estimate of drug-likeness (QED) is 0.814. The van der Waals surface area contributed by atoms with Crippen molar-refractivity contribution < 1.29 is 14.0 Å². The number of rotatable bonds is 4. The van der Waals surface area contributed by atoms with E-state index in [0.29, 0.717) is 17.9 Å². The van der Waals surface area contributed by atoms with Gasteiger partial charge < -0.3 is 14.4 Å². The minimum Gasteiger partial charge on any atom is -0.339 e. The Hall–Kier alpha value is -2.32. The molecule has 0 bridgehead atoms. The number of amides is 2. The summed E-state index contributed by atoms with van der Waals surface area (Å²) < 4.78 is 15.4. The molecule has 0 saturated carbocycles. The number of piperazine rings is 1. The number of hydrogen-bond donors (Lipinski definition) is 0. The number of nitrogens with zero attached hydrogens (tertiary/aromatic N) is 4. The topological polar surface area (TPSA) is 57.9 Å². The SMILES string of the molecule is CCN1CCN(C(=O)Cn2ccsc2=NC(=O)c2ccccc2F)CC1. The molecule has 0 aliphatic carbocycles. The van der Waals surface area contributed by atoms with E-state index >= 15 is 0 Å². The number of thiazole rings is 1. The van der Waals surface area contributed by atoms with Crippen LogP contribution in [-0.2, 0) is 11.3 Å². The standard InChI is InChI=1S/C18H21FN4O2S/c1-2-21-7-9-22(10-8-21)16(24)13-23-11-12-26-18(23)20-17(25)14-5-3-4-6-15(14)19/h3-6,11-12H,2,7-10,13H2,1H3. The lowest BCUT2D eigenvalue weighted by molar-refractivity contribution is -0.133. The summed E-state index contributed by atoms with van der Waals surface area (Å²) in [4.78, 5) is 33.3. The molecule has 1 aliphatic heterocycles. The molecule has 2 amide bonds. The molecule has 3 rings (SSSR count). The van der Waals surface area contributed by atoms with Gasteiger partial charge in [0, 0.05) is 37.8 Å². The van der Waals surface area contributed by atoms with E-state index in [9.17, 15) is 14.0 Å². The summed E-state index contributed by atoms with van der Waals surface area (Å²) in [5.74, 6) is -1.25. The van der Waals surface area contributed by atoms with Gasteiger partial charge in [-0.25, -0.2) is 4.39 Å². The average molecular weight is 376 g/mol. The molecule has 0 atom stereocenters. The van der Waals surface area contributed by atoms with Crippen molar-refractivity contribution in [1.82, 2.24) is 14.4 Å². The third-order valence-electron chi connectivity index (χ3n) is 4.44. The second-order valence-electron chi connectivity index (χ2n) is 6.03. The highest BCUT2D eigenvalue weighted by Gasteiger charge is 2.20. The second kappa shape index (κ2) is 8.37. The monoisotopic (exact) mass is 376 g/mol. The van der Waals surface area contributed by atoms with E-state index < -0.39 is 11.7 Å². The van der Waals surface area contributed by atoms with E-state index in [1.165, 1.54) is 29.5 Å². The van der Waals surface area contributed by atoms with Crippen molar-refractivity contribution in [3.8, 4) is 0 Å². The summed E-state index contributed by atoms with van der Waals surface area (Å²) in [5.41, 5.74) is -0.0746. The molecule has 1 saturated heterocycles. The van der Waals surface area contributed by atoms with Crippen LogP contribution >= 0.6 is 11.3 Å². The molecule has 138 valence electrons. The Balaban J connectivity index is 1.72. The molecule has 2 heterocycles. The molecule has 8 heteroatoms. The van der Waals surface area contributed by atoms with Gasteiger partial charge in [0.2, 0.25) is 5.91 Å². The second-order valence-corrected chi connectivity index (χ2v) is 6.90. The lowest BCUT2D eigenvalue weighted by Crippen LogP contribution is -2.49. The van der Waals surface area contributed by atoms with Crippen LogP contribution in [0.15, 0.2) is 40.8 Å². The summed E-state index contributed by atoms with van der Waals surface area (Å²) in [6.45, 7) is 6.38. The summed E-state index contributed by atoms with van der Waals surface area (Å²) in [6, 6.07) is 5.74. The maximum Gasteiger partial charge on any atom is 0.282 e. The zero-order chi connectivity index (χ0) is 18.5. The largest absolute Gasteiger partial charge is 0.339 e. The molecular weight excluding hydrogens is 355 g/mol. The Morgan fingerprint density at radius 2 is 1.92 bits per heavy atom. The fourth-order valence-corrected chi connectivity index (χ4v) is 3.57. The minimum atomic E-state index is -0.650. The van der Waals surface area contributed by atoms with Crippen molar-refractivity contribution in [1.29, 1.82) is 0 Å². The average Bonchev–Trinajstić information content (AvgIpc) is 3.08. The Kier molecular flexibility index (Phi) is 5.95. The van der Waals surface area contributed by atoms with E-state index in [1.807, 2.05) is 4.90 Å². The van der Waals surface area contributed by atoms with Gasteiger partial charge in [-0.1, -0.05) is 19.1 Å². The van der Waals surface area contributed by atoms with Crippen LogP contribution in [0.1, 0.15) is 17.3 Å². The van der Waals surface area contributed by atoms with E-state index in [-0.39, 0.29) is 18.0 Å². The predicted molar refractivity (Wildman–Crippen MR) is 97.3 cm³/mol. The first-order valence-corrected chi connectivity index (χ1v) is 9.44. The maximum atomic E-state index is 13.7. The molecule has 0 spiro atoms. The molecule has 6 nitrogen and oxygen atoms in total.